The summed E-state index contributed by atoms with van der Waals surface area (Å²) in [6.45, 7) is 3.09. The third-order valence-electron chi connectivity index (χ3n) is 3.81. The largest absolute Gasteiger partial charge is 0.489 e. The Kier molecular flexibility index (Phi) is 11.6. The normalized spacial score (nSPS) is 11.9. The number of ether oxygens (including phenoxy) is 1. The molecule has 2 N–H and O–H groups in total. The van der Waals surface area contributed by atoms with E-state index in [0.717, 1.165) is 6.42 Å². The number of aliphatic imine (C=N–C) groups is 1. The molecule has 0 saturated carbocycles. The monoisotopic (exact) mass is 534 g/mol. The van der Waals surface area contributed by atoms with Gasteiger partial charge in [-0.15, -0.1) is 35.3 Å². The van der Waals surface area contributed by atoms with E-state index < -0.39 is 0 Å². The molecule has 0 aliphatic carbocycles. The van der Waals surface area contributed by atoms with Gasteiger partial charge in [0.2, 0.25) is 5.91 Å². The van der Waals surface area contributed by atoms with Gasteiger partial charge in [0.15, 0.2) is 5.96 Å². The first-order valence-electron chi connectivity index (χ1n) is 9.11. The zero-order chi connectivity index (χ0) is 20.4. The number of nitrogens with zero attached hydrogens (tertiary/aromatic N) is 2. The second kappa shape index (κ2) is 13.4. The lowest BCUT2D eigenvalue weighted by Gasteiger charge is -2.18. The fourth-order valence-corrected chi connectivity index (χ4v) is 2.99. The van der Waals surface area contributed by atoms with E-state index in [0.29, 0.717) is 24.8 Å². The number of amides is 1. The molecule has 1 unspecified atom stereocenters. The molecule has 0 fully saturated rings. The molecular weight excluding hydrogens is 506 g/mol. The molecular formula is C20H28FIN4O2S. The smallest absolute Gasteiger partial charge is 0.243 e. The SMILES string of the molecule is CC(CNC(=NCC(=O)N(C)C)NCCc1cccs1)Oc1cccc(F)c1.I. The number of guanidine groups is 1. The van der Waals surface area contributed by atoms with Crippen molar-refractivity contribution < 1.29 is 13.9 Å². The van der Waals surface area contributed by atoms with Crippen molar-refractivity contribution in [3.05, 3.63) is 52.5 Å². The van der Waals surface area contributed by atoms with Crippen LogP contribution in [-0.2, 0) is 11.2 Å². The summed E-state index contributed by atoms with van der Waals surface area (Å²) in [5.74, 6) is 0.600. The van der Waals surface area contributed by atoms with Crippen LogP contribution in [0.15, 0.2) is 46.8 Å². The Morgan fingerprint density at radius 2 is 2.07 bits per heavy atom. The van der Waals surface area contributed by atoms with Crippen molar-refractivity contribution in [3.8, 4) is 5.75 Å². The van der Waals surface area contributed by atoms with E-state index in [1.807, 2.05) is 18.4 Å². The molecule has 0 aliphatic rings. The van der Waals surface area contributed by atoms with E-state index in [1.165, 1.54) is 21.9 Å². The molecule has 1 heterocycles. The molecule has 0 aliphatic heterocycles. The molecule has 0 spiro atoms. The predicted molar refractivity (Wildman–Crippen MR) is 127 cm³/mol. The van der Waals surface area contributed by atoms with Gasteiger partial charge in [-0.25, -0.2) is 9.38 Å². The van der Waals surface area contributed by atoms with Gasteiger partial charge >= 0.3 is 0 Å². The molecule has 1 atom stereocenters. The molecule has 6 nitrogen and oxygen atoms in total. The van der Waals surface area contributed by atoms with Crippen LogP contribution >= 0.6 is 35.3 Å². The van der Waals surface area contributed by atoms with Crippen LogP contribution in [0.4, 0.5) is 4.39 Å². The first-order chi connectivity index (χ1) is 13.4. The topological polar surface area (TPSA) is 66.0 Å². The Morgan fingerprint density at radius 1 is 1.28 bits per heavy atom. The van der Waals surface area contributed by atoms with Crippen molar-refractivity contribution in [1.82, 2.24) is 15.5 Å². The molecule has 160 valence electrons. The van der Waals surface area contributed by atoms with Gasteiger partial charge < -0.3 is 20.3 Å². The minimum atomic E-state index is -0.336. The quantitative estimate of drug-likeness (QED) is 0.295. The van der Waals surface area contributed by atoms with Gasteiger partial charge in [-0.3, -0.25) is 4.79 Å². The number of hydrogen-bond acceptors (Lipinski definition) is 4. The zero-order valence-electron chi connectivity index (χ0n) is 16.9. The van der Waals surface area contributed by atoms with Gasteiger partial charge in [0.05, 0.1) is 6.54 Å². The Bertz CT molecular complexity index is 772. The maximum absolute atomic E-state index is 13.3. The highest BCUT2D eigenvalue weighted by atomic mass is 127. The molecule has 2 aromatic rings. The summed E-state index contributed by atoms with van der Waals surface area (Å²) in [6.07, 6.45) is 0.658. The van der Waals surface area contributed by atoms with Crippen molar-refractivity contribution in [2.75, 3.05) is 33.7 Å². The number of rotatable bonds is 9. The van der Waals surface area contributed by atoms with Crippen LogP contribution in [-0.4, -0.2) is 56.6 Å². The van der Waals surface area contributed by atoms with Crippen LogP contribution in [0.5, 0.6) is 5.75 Å². The first-order valence-corrected chi connectivity index (χ1v) is 9.99. The summed E-state index contributed by atoms with van der Waals surface area (Å²) in [5, 5.41) is 8.47. The average molecular weight is 534 g/mol. The zero-order valence-corrected chi connectivity index (χ0v) is 20.0. The van der Waals surface area contributed by atoms with Crippen LogP contribution in [0.2, 0.25) is 0 Å². The molecule has 1 aromatic heterocycles. The van der Waals surface area contributed by atoms with Gasteiger partial charge in [-0.2, -0.15) is 0 Å². The summed E-state index contributed by atoms with van der Waals surface area (Å²) >= 11 is 1.71. The van der Waals surface area contributed by atoms with Crippen molar-refractivity contribution in [2.45, 2.75) is 19.4 Å². The Morgan fingerprint density at radius 3 is 2.72 bits per heavy atom. The highest BCUT2D eigenvalue weighted by Crippen LogP contribution is 2.13. The van der Waals surface area contributed by atoms with Gasteiger partial charge in [0.1, 0.15) is 24.2 Å². The number of carbonyl (C=O) groups is 1. The fourth-order valence-electron chi connectivity index (χ4n) is 2.28. The molecule has 1 aromatic carbocycles. The van der Waals surface area contributed by atoms with Crippen LogP contribution in [0.1, 0.15) is 11.8 Å². The Labute approximate surface area is 192 Å². The molecule has 0 bridgehead atoms. The van der Waals surface area contributed by atoms with Crippen molar-refractivity contribution in [1.29, 1.82) is 0 Å². The average Bonchev–Trinajstić information content (AvgIpc) is 3.16. The summed E-state index contributed by atoms with van der Waals surface area (Å²) in [7, 11) is 3.40. The predicted octanol–water partition coefficient (Wildman–Crippen LogP) is 3.14. The number of nitrogens with one attached hydrogen (secondary N) is 2. The van der Waals surface area contributed by atoms with Crippen LogP contribution in [0.3, 0.4) is 0 Å². The van der Waals surface area contributed by atoms with Crippen LogP contribution in [0, 0.1) is 5.82 Å². The molecule has 9 heteroatoms. The second-order valence-electron chi connectivity index (χ2n) is 6.48. The van der Waals surface area contributed by atoms with Crippen LogP contribution < -0.4 is 15.4 Å². The number of halogens is 2. The van der Waals surface area contributed by atoms with Gasteiger partial charge in [0.25, 0.3) is 0 Å². The Balaban J connectivity index is 0.00000420. The molecule has 0 saturated heterocycles. The minimum absolute atomic E-state index is 0. The highest BCUT2D eigenvalue weighted by Gasteiger charge is 2.08. The lowest BCUT2D eigenvalue weighted by molar-refractivity contribution is -0.127. The molecule has 2 rings (SSSR count). The minimum Gasteiger partial charge on any atom is -0.489 e. The lowest BCUT2D eigenvalue weighted by Crippen LogP contribution is -2.43. The standard InChI is InChI=1S/C20H27FN4O2S.HI/c1-15(27-17-7-4-6-16(21)12-17)13-23-20(24-14-19(26)25(2)3)22-10-9-18-8-5-11-28-18;/h4-8,11-12,15H,9-10,13-14H2,1-3H3,(H2,22,23,24);1H. The van der Waals surface area contributed by atoms with E-state index in [1.54, 1.807) is 37.6 Å². The van der Waals surface area contributed by atoms with Gasteiger partial charge in [-0.1, -0.05) is 12.1 Å². The molecule has 0 radical (unpaired) electrons. The van der Waals surface area contributed by atoms with E-state index in [9.17, 15) is 9.18 Å². The molecule has 1 amide bonds. The van der Waals surface area contributed by atoms with E-state index in [2.05, 4.69) is 21.7 Å². The summed E-state index contributed by atoms with van der Waals surface area (Å²) in [5.41, 5.74) is 0. The lowest BCUT2D eigenvalue weighted by atomic mass is 10.3. The number of carbonyl (C=O) groups excluding carboxylic acids is 1. The highest BCUT2D eigenvalue weighted by molar-refractivity contribution is 14.0. The van der Waals surface area contributed by atoms with Gasteiger partial charge in [-0.05, 0) is 36.9 Å². The van der Waals surface area contributed by atoms with Crippen molar-refractivity contribution >= 4 is 47.2 Å². The Hall–Kier alpha value is -1.88. The fraction of sp³-hybridized carbons (Fsp3) is 0.400. The van der Waals surface area contributed by atoms with Gasteiger partial charge in [0, 0.05) is 31.6 Å². The maximum atomic E-state index is 13.3. The third-order valence-corrected chi connectivity index (χ3v) is 4.74. The van der Waals surface area contributed by atoms with Crippen LogP contribution in [0.25, 0.3) is 0 Å². The number of likely N-dealkylation sites (N-methyl/N-ethyl adjacent to an activating group) is 1. The summed E-state index contributed by atoms with van der Waals surface area (Å²) < 4.78 is 19.0. The molecule has 29 heavy (non-hydrogen) atoms. The van der Waals surface area contributed by atoms with Crippen molar-refractivity contribution in [2.24, 2.45) is 4.99 Å². The van der Waals surface area contributed by atoms with Crippen molar-refractivity contribution in [3.63, 3.8) is 0 Å². The first kappa shape index (κ1) is 25.2. The second-order valence-corrected chi connectivity index (χ2v) is 7.51. The third kappa shape index (κ3) is 9.93. The maximum Gasteiger partial charge on any atom is 0.243 e. The number of thiophene rings is 1. The summed E-state index contributed by atoms with van der Waals surface area (Å²) in [6, 6.07) is 10.1. The number of hydrogen-bond donors (Lipinski definition) is 2. The summed E-state index contributed by atoms with van der Waals surface area (Å²) in [4.78, 5) is 19.0. The number of benzene rings is 1. The van der Waals surface area contributed by atoms with E-state index in [-0.39, 0.29) is 48.3 Å². The van der Waals surface area contributed by atoms with E-state index in [4.69, 9.17) is 4.74 Å². The van der Waals surface area contributed by atoms with E-state index >= 15 is 0 Å².